The normalized spacial score (nSPS) is 13.7. The molecule has 0 bridgehead atoms. The van der Waals surface area contributed by atoms with Crippen molar-refractivity contribution >= 4 is 11.4 Å². The lowest BCUT2D eigenvalue weighted by Crippen LogP contribution is -2.03. The highest BCUT2D eigenvalue weighted by atomic mass is 15.2. The summed E-state index contributed by atoms with van der Waals surface area (Å²) in [5, 5.41) is 0. The third-order valence-corrected chi connectivity index (χ3v) is 6.44. The Balaban J connectivity index is 1.81. The molecule has 0 saturated carbocycles. The molecule has 0 fully saturated rings. The van der Waals surface area contributed by atoms with Crippen LogP contribution in [0, 0.1) is 0 Å². The number of unbranched alkanes of at least 4 members (excludes halogenated alkanes) is 5. The standard InChI is InChI=1S/C30H40N2/c1-4-7-10-11-14-24-18-20-26(21-19-24)30-28(16-9-6-3)23-29(32(30)31)27-17-12-15-25(22-27)13-8-5-2/h12,15,17-23H,4-11,13-14,16H2,1-3H3. The molecule has 170 valence electrons. The average molecular weight is 429 g/mol. The lowest BCUT2D eigenvalue weighted by atomic mass is 10.00. The van der Waals surface area contributed by atoms with Gasteiger partial charge in [-0.2, -0.15) is 0 Å². The number of nitrogens with zero attached hydrogens (tertiary/aromatic N) is 2. The fraction of sp³-hybridized carbons (Fsp3) is 0.467. The minimum absolute atomic E-state index is 0.896. The summed E-state index contributed by atoms with van der Waals surface area (Å²) in [6.45, 7) is 6.71. The summed E-state index contributed by atoms with van der Waals surface area (Å²) in [5.41, 5.74) is 19.3. The zero-order valence-electron chi connectivity index (χ0n) is 20.4. The number of rotatable bonds is 13. The fourth-order valence-electron chi connectivity index (χ4n) is 4.47. The highest BCUT2D eigenvalue weighted by molar-refractivity contribution is 5.78. The Kier molecular flexibility index (Phi) is 9.46. The highest BCUT2D eigenvalue weighted by Gasteiger charge is 2.28. The van der Waals surface area contributed by atoms with Crippen LogP contribution >= 0.6 is 0 Å². The van der Waals surface area contributed by atoms with Gasteiger partial charge in [0.15, 0.2) is 0 Å². The van der Waals surface area contributed by atoms with E-state index in [-0.39, 0.29) is 0 Å². The third-order valence-electron chi connectivity index (χ3n) is 6.44. The van der Waals surface area contributed by atoms with Crippen molar-refractivity contribution in [3.05, 3.63) is 88.0 Å². The summed E-state index contributed by atoms with van der Waals surface area (Å²) in [5.74, 6) is 0. The minimum Gasteiger partial charge on any atom is -0.493 e. The van der Waals surface area contributed by atoms with Gasteiger partial charge in [-0.25, -0.2) is 4.70 Å². The third kappa shape index (κ3) is 6.28. The van der Waals surface area contributed by atoms with Gasteiger partial charge in [0.1, 0.15) is 0 Å². The zero-order valence-corrected chi connectivity index (χ0v) is 20.4. The molecule has 2 nitrogen and oxygen atoms in total. The Bertz CT molecular complexity index is 947. The maximum Gasteiger partial charge on any atom is 0.210 e. The van der Waals surface area contributed by atoms with Crippen molar-refractivity contribution in [1.82, 2.24) is 0 Å². The van der Waals surface area contributed by atoms with E-state index in [1.54, 1.807) is 0 Å². The van der Waals surface area contributed by atoms with Gasteiger partial charge in [-0.1, -0.05) is 77.1 Å². The predicted molar refractivity (Wildman–Crippen MR) is 137 cm³/mol. The minimum atomic E-state index is 0.896. The molecular weight excluding hydrogens is 388 g/mol. The van der Waals surface area contributed by atoms with E-state index >= 15 is 0 Å². The molecule has 2 heteroatoms. The van der Waals surface area contributed by atoms with E-state index in [4.69, 9.17) is 0 Å². The van der Waals surface area contributed by atoms with Gasteiger partial charge in [0.05, 0.1) is 0 Å². The number of aryl methyl sites for hydroxylation is 2. The number of hydrogen-bond donors (Lipinski definition) is 0. The van der Waals surface area contributed by atoms with Gasteiger partial charge in [-0.05, 0) is 73.9 Å². The molecule has 0 radical (unpaired) electrons. The van der Waals surface area contributed by atoms with Crippen molar-refractivity contribution < 1.29 is 4.70 Å². The molecular formula is C30H40N2. The van der Waals surface area contributed by atoms with Crippen molar-refractivity contribution in [2.75, 3.05) is 0 Å². The van der Waals surface area contributed by atoms with Crippen LogP contribution in [0.15, 0.2) is 60.2 Å². The van der Waals surface area contributed by atoms with E-state index in [2.05, 4.69) is 75.4 Å². The first-order valence-corrected chi connectivity index (χ1v) is 12.8. The first-order valence-electron chi connectivity index (χ1n) is 12.8. The van der Waals surface area contributed by atoms with Crippen LogP contribution in [0.4, 0.5) is 0 Å². The Hall–Kier alpha value is -2.48. The summed E-state index contributed by atoms with van der Waals surface area (Å²) in [6.07, 6.45) is 15.2. The van der Waals surface area contributed by atoms with Gasteiger partial charge >= 0.3 is 0 Å². The second-order valence-corrected chi connectivity index (χ2v) is 9.13. The van der Waals surface area contributed by atoms with Gasteiger partial charge in [0, 0.05) is 22.8 Å². The summed E-state index contributed by atoms with van der Waals surface area (Å²) >= 11 is 0. The van der Waals surface area contributed by atoms with Crippen LogP contribution in [-0.4, -0.2) is 4.70 Å². The molecule has 32 heavy (non-hydrogen) atoms. The molecule has 0 aliphatic carbocycles. The summed E-state index contributed by atoms with van der Waals surface area (Å²) < 4.78 is 1.43. The molecule has 0 N–H and O–H groups in total. The molecule has 2 aromatic rings. The first-order chi connectivity index (χ1) is 15.7. The van der Waals surface area contributed by atoms with Crippen LogP contribution in [-0.2, 0) is 12.8 Å². The Morgan fingerprint density at radius 3 is 2.06 bits per heavy atom. The van der Waals surface area contributed by atoms with Crippen molar-refractivity contribution in [2.45, 2.75) is 91.4 Å². The first kappa shape index (κ1) is 24.2. The molecule has 1 aliphatic heterocycles. The predicted octanol–water partition coefficient (Wildman–Crippen LogP) is 9.14. The Morgan fingerprint density at radius 2 is 1.34 bits per heavy atom. The summed E-state index contributed by atoms with van der Waals surface area (Å²) in [6, 6.07) is 17.5. The smallest absolute Gasteiger partial charge is 0.210 e. The van der Waals surface area contributed by atoms with Crippen molar-refractivity contribution in [3.63, 3.8) is 0 Å². The molecule has 2 aromatic carbocycles. The van der Waals surface area contributed by atoms with Gasteiger partial charge in [0.2, 0.25) is 11.4 Å². The number of allylic oxidation sites excluding steroid dienone is 2. The van der Waals surface area contributed by atoms with Gasteiger partial charge in [-0.15, -0.1) is 0 Å². The van der Waals surface area contributed by atoms with E-state index in [9.17, 15) is 5.53 Å². The van der Waals surface area contributed by atoms with Crippen molar-refractivity contribution in [1.29, 1.82) is 0 Å². The van der Waals surface area contributed by atoms with Crippen LogP contribution in [0.1, 0.15) is 101 Å². The summed E-state index contributed by atoms with van der Waals surface area (Å²) in [7, 11) is 0. The highest BCUT2D eigenvalue weighted by Crippen LogP contribution is 2.37. The van der Waals surface area contributed by atoms with E-state index in [1.165, 1.54) is 59.9 Å². The summed E-state index contributed by atoms with van der Waals surface area (Å²) in [4.78, 5) is 0. The van der Waals surface area contributed by atoms with Gasteiger partial charge < -0.3 is 5.53 Å². The molecule has 3 rings (SSSR count). The van der Waals surface area contributed by atoms with Crippen LogP contribution < -0.4 is 0 Å². The SMILES string of the molecule is CCCCCCc1ccc(C2=C(CCCC)C=C(c3cccc(CCCC)c3)[N+]2=[N-])cc1. The molecule has 0 aromatic heterocycles. The Morgan fingerprint density at radius 1 is 0.656 bits per heavy atom. The second kappa shape index (κ2) is 12.5. The quantitative estimate of drug-likeness (QED) is 0.224. The monoisotopic (exact) mass is 428 g/mol. The van der Waals surface area contributed by atoms with E-state index in [1.807, 2.05) is 0 Å². The molecule has 0 spiro atoms. The maximum atomic E-state index is 11.3. The lowest BCUT2D eigenvalue weighted by Gasteiger charge is -2.11. The van der Waals surface area contributed by atoms with E-state index in [0.717, 1.165) is 54.6 Å². The topological polar surface area (TPSA) is 25.3 Å². The number of benzene rings is 2. The van der Waals surface area contributed by atoms with Gasteiger partial charge in [-0.3, -0.25) is 0 Å². The number of hydrogen-bond acceptors (Lipinski definition) is 0. The molecule has 0 amide bonds. The van der Waals surface area contributed by atoms with E-state index in [0.29, 0.717) is 0 Å². The largest absolute Gasteiger partial charge is 0.493 e. The maximum absolute atomic E-state index is 11.3. The molecule has 0 unspecified atom stereocenters. The van der Waals surface area contributed by atoms with Crippen LogP contribution in [0.3, 0.4) is 0 Å². The van der Waals surface area contributed by atoms with Crippen molar-refractivity contribution in [3.8, 4) is 0 Å². The molecule has 0 atom stereocenters. The second-order valence-electron chi connectivity index (χ2n) is 9.13. The molecule has 0 saturated heterocycles. The Labute approximate surface area is 195 Å². The average Bonchev–Trinajstić information content (AvgIpc) is 3.15. The van der Waals surface area contributed by atoms with Gasteiger partial charge in [0.25, 0.3) is 0 Å². The van der Waals surface area contributed by atoms with E-state index < -0.39 is 0 Å². The van der Waals surface area contributed by atoms with Crippen molar-refractivity contribution in [2.24, 2.45) is 0 Å². The molecule has 1 aliphatic rings. The van der Waals surface area contributed by atoms with Crippen LogP contribution in [0.2, 0.25) is 0 Å². The molecule has 1 heterocycles. The fourth-order valence-corrected chi connectivity index (χ4v) is 4.47. The van der Waals surface area contributed by atoms with Crippen LogP contribution in [0.5, 0.6) is 0 Å². The van der Waals surface area contributed by atoms with Crippen LogP contribution in [0.25, 0.3) is 16.9 Å². The lowest BCUT2D eigenvalue weighted by molar-refractivity contribution is -0.344. The zero-order chi connectivity index (χ0) is 22.8.